The van der Waals surface area contributed by atoms with Crippen LogP contribution in [0, 0.1) is 0 Å². The van der Waals surface area contributed by atoms with Crippen molar-refractivity contribution in [2.24, 2.45) is 5.10 Å². The number of benzene rings is 2. The molecule has 0 aliphatic heterocycles. The quantitative estimate of drug-likeness (QED) is 0.533. The number of carbonyl (C=O) groups excluding carboxylic acids is 1. The van der Waals surface area contributed by atoms with Crippen molar-refractivity contribution in [3.8, 4) is 0 Å². The van der Waals surface area contributed by atoms with Crippen molar-refractivity contribution < 1.29 is 4.79 Å². The number of nitrogens with zero attached hydrogens (tertiary/aromatic N) is 2. The van der Waals surface area contributed by atoms with E-state index in [1.54, 1.807) is 6.92 Å². The maximum absolute atomic E-state index is 12.0. The van der Waals surface area contributed by atoms with E-state index in [4.69, 9.17) is 0 Å². The van der Waals surface area contributed by atoms with E-state index < -0.39 is 0 Å². The van der Waals surface area contributed by atoms with Gasteiger partial charge in [-0.25, -0.2) is 0 Å². The number of hydrazone groups is 1. The van der Waals surface area contributed by atoms with Crippen molar-refractivity contribution >= 4 is 11.5 Å². The lowest BCUT2D eigenvalue weighted by Crippen LogP contribution is -2.21. The minimum Gasteiger partial charge on any atom is -0.293 e. The van der Waals surface area contributed by atoms with Gasteiger partial charge in [-0.15, -0.1) is 0 Å². The van der Waals surface area contributed by atoms with Crippen LogP contribution in [0.1, 0.15) is 37.8 Å². The van der Waals surface area contributed by atoms with E-state index in [1.807, 2.05) is 48.3 Å². The standard InChI is InChI=1S/C20H24N2O/c1-3-10-20(23)17(2)21-22(15-18-11-6-4-7-12-18)16-19-13-8-5-9-14-19/h4-9,11-14H,3,10,15-16H2,1-2H3. The molecule has 0 saturated heterocycles. The van der Waals surface area contributed by atoms with Gasteiger partial charge in [0.2, 0.25) is 0 Å². The topological polar surface area (TPSA) is 32.7 Å². The zero-order valence-corrected chi connectivity index (χ0v) is 13.9. The summed E-state index contributed by atoms with van der Waals surface area (Å²) < 4.78 is 0. The van der Waals surface area contributed by atoms with Crippen molar-refractivity contribution in [2.45, 2.75) is 39.8 Å². The van der Waals surface area contributed by atoms with Gasteiger partial charge in [-0.3, -0.25) is 9.80 Å². The van der Waals surface area contributed by atoms with E-state index in [0.29, 0.717) is 25.2 Å². The Morgan fingerprint density at radius 3 is 1.83 bits per heavy atom. The van der Waals surface area contributed by atoms with Gasteiger partial charge in [-0.2, -0.15) is 5.10 Å². The van der Waals surface area contributed by atoms with Crippen molar-refractivity contribution in [3.05, 3.63) is 71.8 Å². The summed E-state index contributed by atoms with van der Waals surface area (Å²) in [6.45, 7) is 5.19. The van der Waals surface area contributed by atoms with Crippen LogP contribution in [-0.2, 0) is 17.9 Å². The fourth-order valence-corrected chi connectivity index (χ4v) is 2.39. The molecule has 2 aromatic rings. The summed E-state index contributed by atoms with van der Waals surface area (Å²) in [4.78, 5) is 12.0. The third-order valence-corrected chi connectivity index (χ3v) is 3.59. The largest absolute Gasteiger partial charge is 0.293 e. The van der Waals surface area contributed by atoms with Crippen LogP contribution in [-0.4, -0.2) is 16.5 Å². The molecule has 0 saturated carbocycles. The molecule has 0 spiro atoms. The van der Waals surface area contributed by atoms with Crippen LogP contribution in [0.25, 0.3) is 0 Å². The summed E-state index contributed by atoms with van der Waals surface area (Å²) in [6, 6.07) is 20.4. The van der Waals surface area contributed by atoms with Crippen LogP contribution in [0.3, 0.4) is 0 Å². The van der Waals surface area contributed by atoms with Gasteiger partial charge in [0.1, 0.15) is 5.71 Å². The molecular formula is C20H24N2O. The van der Waals surface area contributed by atoms with Crippen LogP contribution >= 0.6 is 0 Å². The van der Waals surface area contributed by atoms with E-state index in [1.165, 1.54) is 11.1 Å². The maximum atomic E-state index is 12.0. The number of ketones is 1. The summed E-state index contributed by atoms with van der Waals surface area (Å²) in [5, 5.41) is 6.55. The molecule has 23 heavy (non-hydrogen) atoms. The zero-order chi connectivity index (χ0) is 16.5. The third kappa shape index (κ3) is 5.70. The average molecular weight is 308 g/mol. The monoisotopic (exact) mass is 308 g/mol. The van der Waals surface area contributed by atoms with Crippen LogP contribution in [0.5, 0.6) is 0 Å². The highest BCUT2D eigenvalue weighted by molar-refractivity contribution is 6.38. The summed E-state index contributed by atoms with van der Waals surface area (Å²) in [5.41, 5.74) is 2.95. The molecule has 0 bridgehead atoms. The highest BCUT2D eigenvalue weighted by atomic mass is 16.1. The second-order valence-electron chi connectivity index (χ2n) is 5.65. The van der Waals surface area contributed by atoms with E-state index in [9.17, 15) is 4.79 Å². The van der Waals surface area contributed by atoms with Gasteiger partial charge in [0, 0.05) is 6.42 Å². The van der Waals surface area contributed by atoms with E-state index >= 15 is 0 Å². The fourth-order valence-electron chi connectivity index (χ4n) is 2.39. The lowest BCUT2D eigenvalue weighted by atomic mass is 10.1. The Morgan fingerprint density at radius 2 is 1.39 bits per heavy atom. The molecule has 3 heteroatoms. The van der Waals surface area contributed by atoms with Crippen LogP contribution in [0.2, 0.25) is 0 Å². The molecule has 120 valence electrons. The third-order valence-electron chi connectivity index (χ3n) is 3.59. The molecule has 0 fully saturated rings. The predicted octanol–water partition coefficient (Wildman–Crippen LogP) is 4.43. The average Bonchev–Trinajstić information content (AvgIpc) is 2.57. The molecule has 0 radical (unpaired) electrons. The highest BCUT2D eigenvalue weighted by Crippen LogP contribution is 2.11. The van der Waals surface area contributed by atoms with Gasteiger partial charge in [0.05, 0.1) is 13.1 Å². The van der Waals surface area contributed by atoms with Crippen LogP contribution in [0.4, 0.5) is 0 Å². The molecule has 0 aromatic heterocycles. The van der Waals surface area contributed by atoms with E-state index in [0.717, 1.165) is 6.42 Å². The number of rotatable bonds is 8. The Balaban J connectivity index is 2.17. The summed E-state index contributed by atoms with van der Waals surface area (Å²) in [6.07, 6.45) is 1.41. The molecule has 2 rings (SSSR count). The van der Waals surface area contributed by atoms with Gasteiger partial charge >= 0.3 is 0 Å². The van der Waals surface area contributed by atoms with Gasteiger partial charge in [0.15, 0.2) is 5.78 Å². The van der Waals surface area contributed by atoms with Gasteiger partial charge in [0.25, 0.3) is 0 Å². The molecule has 0 heterocycles. The minimum absolute atomic E-state index is 0.124. The molecule has 0 unspecified atom stereocenters. The molecule has 0 aliphatic rings. The first-order valence-corrected chi connectivity index (χ1v) is 8.10. The normalized spacial score (nSPS) is 11.3. The molecule has 3 nitrogen and oxygen atoms in total. The van der Waals surface area contributed by atoms with Gasteiger partial charge in [-0.1, -0.05) is 67.6 Å². The Labute approximate surface area is 138 Å². The molecular weight excluding hydrogens is 284 g/mol. The second kappa shape index (κ2) is 8.89. The Kier molecular flexibility index (Phi) is 6.55. The summed E-state index contributed by atoms with van der Waals surface area (Å²) >= 11 is 0. The fraction of sp³-hybridized carbons (Fsp3) is 0.300. The summed E-state index contributed by atoms with van der Waals surface area (Å²) in [5.74, 6) is 0.124. The molecule has 0 amide bonds. The number of hydrogen-bond donors (Lipinski definition) is 0. The Hall–Kier alpha value is -2.42. The molecule has 0 atom stereocenters. The second-order valence-corrected chi connectivity index (χ2v) is 5.65. The first-order chi connectivity index (χ1) is 11.2. The van der Waals surface area contributed by atoms with Crippen molar-refractivity contribution in [1.29, 1.82) is 0 Å². The molecule has 0 aliphatic carbocycles. The van der Waals surface area contributed by atoms with Gasteiger partial charge < -0.3 is 0 Å². The SMILES string of the molecule is CCCC(=O)C(C)=NN(Cc1ccccc1)Cc1ccccc1. The van der Waals surface area contributed by atoms with Crippen LogP contribution < -0.4 is 0 Å². The van der Waals surface area contributed by atoms with E-state index in [-0.39, 0.29) is 5.78 Å². The first kappa shape index (κ1) is 16.9. The zero-order valence-electron chi connectivity index (χ0n) is 13.9. The maximum Gasteiger partial charge on any atom is 0.178 e. The number of Topliss-reactive ketones (excluding diaryl/α,β-unsaturated/α-hetero) is 1. The molecule has 0 N–H and O–H groups in total. The van der Waals surface area contributed by atoms with Crippen molar-refractivity contribution in [2.75, 3.05) is 0 Å². The van der Waals surface area contributed by atoms with Crippen molar-refractivity contribution in [1.82, 2.24) is 5.01 Å². The number of hydrogen-bond acceptors (Lipinski definition) is 3. The van der Waals surface area contributed by atoms with Gasteiger partial charge in [-0.05, 0) is 24.5 Å². The van der Waals surface area contributed by atoms with E-state index in [2.05, 4.69) is 29.4 Å². The molecule has 2 aromatic carbocycles. The number of carbonyl (C=O) groups is 1. The van der Waals surface area contributed by atoms with Crippen molar-refractivity contribution in [3.63, 3.8) is 0 Å². The highest BCUT2D eigenvalue weighted by Gasteiger charge is 2.09. The minimum atomic E-state index is 0.124. The lowest BCUT2D eigenvalue weighted by molar-refractivity contribution is -0.113. The van der Waals surface area contributed by atoms with Crippen LogP contribution in [0.15, 0.2) is 65.8 Å². The summed E-state index contributed by atoms with van der Waals surface area (Å²) in [7, 11) is 0. The Bertz CT molecular complexity index is 594. The smallest absolute Gasteiger partial charge is 0.178 e. The predicted molar refractivity (Wildman–Crippen MR) is 95.2 cm³/mol. The lowest BCUT2D eigenvalue weighted by Gasteiger charge is -2.20. The first-order valence-electron chi connectivity index (χ1n) is 8.10. The Morgan fingerprint density at radius 1 is 0.913 bits per heavy atom.